The van der Waals surface area contributed by atoms with Crippen LogP contribution in [0.15, 0.2) is 36.7 Å². The zero-order valence-corrected chi connectivity index (χ0v) is 12.3. The molecule has 1 fully saturated rings. The van der Waals surface area contributed by atoms with Gasteiger partial charge >= 0.3 is 0 Å². The maximum absolute atomic E-state index is 13.2. The Bertz CT molecular complexity index is 591. The van der Waals surface area contributed by atoms with Gasteiger partial charge in [0.05, 0.1) is 24.3 Å². The van der Waals surface area contributed by atoms with Gasteiger partial charge in [-0.1, -0.05) is 17.7 Å². The van der Waals surface area contributed by atoms with Crippen LogP contribution in [0.5, 0.6) is 0 Å². The highest BCUT2D eigenvalue weighted by molar-refractivity contribution is 6.30. The van der Waals surface area contributed by atoms with Crippen LogP contribution in [-0.4, -0.2) is 40.9 Å². The first-order valence-electron chi connectivity index (χ1n) is 6.99. The van der Waals surface area contributed by atoms with Gasteiger partial charge < -0.3 is 4.74 Å². The van der Waals surface area contributed by atoms with Gasteiger partial charge in [0.1, 0.15) is 5.82 Å². The van der Waals surface area contributed by atoms with Crippen molar-refractivity contribution in [1.29, 1.82) is 0 Å². The van der Waals surface area contributed by atoms with Gasteiger partial charge in [0.15, 0.2) is 0 Å². The molecule has 0 radical (unpaired) electrons. The van der Waals surface area contributed by atoms with Crippen molar-refractivity contribution in [1.82, 2.24) is 14.7 Å². The van der Waals surface area contributed by atoms with Gasteiger partial charge in [-0.3, -0.25) is 9.58 Å². The van der Waals surface area contributed by atoms with E-state index in [2.05, 4.69) is 10.00 Å². The van der Waals surface area contributed by atoms with E-state index in [1.165, 1.54) is 6.07 Å². The third-order valence-electron chi connectivity index (χ3n) is 3.67. The summed E-state index contributed by atoms with van der Waals surface area (Å²) in [6, 6.07) is 6.70. The van der Waals surface area contributed by atoms with Crippen LogP contribution < -0.4 is 0 Å². The number of morpholine rings is 1. The van der Waals surface area contributed by atoms with Gasteiger partial charge in [-0.25, -0.2) is 4.39 Å². The fourth-order valence-corrected chi connectivity index (χ4v) is 2.69. The second-order valence-corrected chi connectivity index (χ2v) is 5.51. The van der Waals surface area contributed by atoms with E-state index >= 15 is 0 Å². The molecule has 6 heteroatoms. The number of benzene rings is 1. The Morgan fingerprint density at radius 2 is 2.29 bits per heavy atom. The summed E-state index contributed by atoms with van der Waals surface area (Å²) in [5.74, 6) is -0.397. The number of rotatable bonds is 4. The van der Waals surface area contributed by atoms with Gasteiger partial charge in [-0.2, -0.15) is 5.10 Å². The molecule has 4 nitrogen and oxygen atoms in total. The SMILES string of the molecule is Fc1ccc([C@@H]2CN(CCn3cccn3)CCO2)cc1Cl. The van der Waals surface area contributed by atoms with Gasteiger partial charge in [-0.05, 0) is 23.8 Å². The van der Waals surface area contributed by atoms with Crippen molar-refractivity contribution in [2.75, 3.05) is 26.2 Å². The Morgan fingerprint density at radius 1 is 1.38 bits per heavy atom. The first-order chi connectivity index (χ1) is 10.2. The largest absolute Gasteiger partial charge is 0.371 e. The maximum atomic E-state index is 13.2. The highest BCUT2D eigenvalue weighted by atomic mass is 35.5. The molecule has 1 aromatic carbocycles. The van der Waals surface area contributed by atoms with Crippen LogP contribution in [0, 0.1) is 5.82 Å². The van der Waals surface area contributed by atoms with E-state index in [1.54, 1.807) is 18.3 Å². The monoisotopic (exact) mass is 309 g/mol. The first kappa shape index (κ1) is 14.5. The summed E-state index contributed by atoms with van der Waals surface area (Å²) >= 11 is 5.84. The summed E-state index contributed by atoms with van der Waals surface area (Å²) in [6.45, 7) is 4.11. The number of hydrogen-bond acceptors (Lipinski definition) is 3. The molecule has 0 unspecified atom stereocenters. The zero-order valence-electron chi connectivity index (χ0n) is 11.6. The number of ether oxygens (including phenoxy) is 1. The molecule has 112 valence electrons. The fourth-order valence-electron chi connectivity index (χ4n) is 2.50. The van der Waals surface area contributed by atoms with Crippen LogP contribution >= 0.6 is 11.6 Å². The van der Waals surface area contributed by atoms with Gasteiger partial charge in [0, 0.05) is 32.0 Å². The van der Waals surface area contributed by atoms with Gasteiger partial charge in [0.2, 0.25) is 0 Å². The Balaban J connectivity index is 1.61. The van der Waals surface area contributed by atoms with Crippen molar-refractivity contribution >= 4 is 11.6 Å². The summed E-state index contributed by atoms with van der Waals surface area (Å²) in [7, 11) is 0. The number of hydrogen-bond donors (Lipinski definition) is 0. The molecule has 0 spiro atoms. The van der Waals surface area contributed by atoms with E-state index in [9.17, 15) is 4.39 Å². The molecular formula is C15H17ClFN3O. The fraction of sp³-hybridized carbons (Fsp3) is 0.400. The maximum Gasteiger partial charge on any atom is 0.141 e. The van der Waals surface area contributed by atoms with Crippen molar-refractivity contribution in [3.8, 4) is 0 Å². The minimum Gasteiger partial charge on any atom is -0.371 e. The summed E-state index contributed by atoms with van der Waals surface area (Å²) in [6.07, 6.45) is 3.68. The molecule has 1 atom stereocenters. The second-order valence-electron chi connectivity index (χ2n) is 5.10. The van der Waals surface area contributed by atoms with Gasteiger partial charge in [-0.15, -0.1) is 0 Å². The van der Waals surface area contributed by atoms with Gasteiger partial charge in [0.25, 0.3) is 0 Å². The predicted molar refractivity (Wildman–Crippen MR) is 78.8 cm³/mol. The Labute approximate surface area is 128 Å². The predicted octanol–water partition coefficient (Wildman–Crippen LogP) is 2.75. The third-order valence-corrected chi connectivity index (χ3v) is 3.96. The highest BCUT2D eigenvalue weighted by Crippen LogP contribution is 2.26. The van der Waals surface area contributed by atoms with Crippen LogP contribution in [0.1, 0.15) is 11.7 Å². The highest BCUT2D eigenvalue weighted by Gasteiger charge is 2.22. The van der Waals surface area contributed by atoms with Crippen molar-refractivity contribution < 1.29 is 9.13 Å². The Hall–Kier alpha value is -1.43. The minimum absolute atomic E-state index is 0.0607. The molecule has 2 aromatic rings. The quantitative estimate of drug-likeness (QED) is 0.870. The normalized spacial score (nSPS) is 19.8. The molecule has 0 bridgehead atoms. The van der Waals surface area contributed by atoms with Crippen molar-refractivity contribution in [2.45, 2.75) is 12.6 Å². The molecule has 1 aliphatic rings. The molecular weight excluding hydrogens is 293 g/mol. The molecule has 21 heavy (non-hydrogen) atoms. The van der Waals surface area contributed by atoms with Crippen LogP contribution in [0.4, 0.5) is 4.39 Å². The van der Waals surface area contributed by atoms with Crippen LogP contribution in [0.3, 0.4) is 0 Å². The number of aromatic nitrogens is 2. The zero-order chi connectivity index (χ0) is 14.7. The van der Waals surface area contributed by atoms with E-state index in [-0.39, 0.29) is 11.1 Å². The summed E-state index contributed by atoms with van der Waals surface area (Å²) < 4.78 is 20.9. The van der Waals surface area contributed by atoms with E-state index in [4.69, 9.17) is 16.3 Å². The molecule has 0 aliphatic carbocycles. The molecule has 1 saturated heterocycles. The summed E-state index contributed by atoms with van der Waals surface area (Å²) in [5, 5.41) is 4.34. The van der Waals surface area contributed by atoms with E-state index in [1.807, 2.05) is 16.9 Å². The average Bonchev–Trinajstić information content (AvgIpc) is 3.02. The molecule has 0 saturated carbocycles. The van der Waals surface area contributed by atoms with Crippen LogP contribution in [0.25, 0.3) is 0 Å². The standard InChI is InChI=1S/C15H17ClFN3O/c16-13-10-12(2-3-14(13)17)15-11-19(8-9-21-15)6-7-20-5-1-4-18-20/h1-5,10,15H,6-9,11H2/t15-/m0/s1. The van der Waals surface area contributed by atoms with Crippen molar-refractivity contribution in [3.63, 3.8) is 0 Å². The average molecular weight is 310 g/mol. The second kappa shape index (κ2) is 6.56. The van der Waals surface area contributed by atoms with E-state index in [0.717, 1.165) is 31.7 Å². The number of nitrogens with zero attached hydrogens (tertiary/aromatic N) is 3. The molecule has 0 amide bonds. The van der Waals surface area contributed by atoms with E-state index in [0.29, 0.717) is 6.61 Å². The van der Waals surface area contributed by atoms with Crippen molar-refractivity contribution in [2.24, 2.45) is 0 Å². The lowest BCUT2D eigenvalue weighted by molar-refractivity contribution is -0.0311. The Kier molecular flexibility index (Phi) is 4.53. The lowest BCUT2D eigenvalue weighted by Gasteiger charge is -2.33. The smallest absolute Gasteiger partial charge is 0.141 e. The minimum atomic E-state index is -0.397. The van der Waals surface area contributed by atoms with E-state index < -0.39 is 5.82 Å². The lowest BCUT2D eigenvalue weighted by Crippen LogP contribution is -2.40. The molecule has 3 rings (SSSR count). The third kappa shape index (κ3) is 3.61. The summed E-state index contributed by atoms with van der Waals surface area (Å²) in [4.78, 5) is 2.33. The van der Waals surface area contributed by atoms with Crippen LogP contribution in [-0.2, 0) is 11.3 Å². The molecule has 1 aliphatic heterocycles. The van der Waals surface area contributed by atoms with Crippen molar-refractivity contribution in [3.05, 3.63) is 53.1 Å². The van der Waals surface area contributed by atoms with Crippen LogP contribution in [0.2, 0.25) is 5.02 Å². The lowest BCUT2D eigenvalue weighted by atomic mass is 10.1. The topological polar surface area (TPSA) is 30.3 Å². The summed E-state index contributed by atoms with van der Waals surface area (Å²) in [5.41, 5.74) is 0.921. The first-order valence-corrected chi connectivity index (χ1v) is 7.36. The number of halogens is 2. The Morgan fingerprint density at radius 3 is 3.05 bits per heavy atom. The molecule has 2 heterocycles. The molecule has 1 aromatic heterocycles. The molecule has 0 N–H and O–H groups in total.